The third-order valence-corrected chi connectivity index (χ3v) is 4.97. The Kier molecular flexibility index (Phi) is 9.39. The normalized spacial score (nSPS) is 10.5. The van der Waals surface area contributed by atoms with Gasteiger partial charge in [0.25, 0.3) is 5.91 Å². The molecule has 3 N–H and O–H groups in total. The van der Waals surface area contributed by atoms with Crippen molar-refractivity contribution in [3.05, 3.63) is 78.3 Å². The van der Waals surface area contributed by atoms with Gasteiger partial charge in [0, 0.05) is 23.0 Å². The monoisotopic (exact) mass is 449 g/mol. The highest BCUT2D eigenvalue weighted by atomic mass is 16.5. The van der Waals surface area contributed by atoms with Crippen LogP contribution in [0, 0.1) is 0 Å². The van der Waals surface area contributed by atoms with Crippen molar-refractivity contribution >= 4 is 23.2 Å². The van der Waals surface area contributed by atoms with Gasteiger partial charge in [0.15, 0.2) is 0 Å². The van der Waals surface area contributed by atoms with Crippen molar-refractivity contribution in [2.24, 2.45) is 0 Å². The average Bonchev–Trinajstić information content (AvgIpc) is 3.35. The number of benzene rings is 2. The van der Waals surface area contributed by atoms with Gasteiger partial charge in [-0.1, -0.05) is 38.3 Å². The van der Waals surface area contributed by atoms with Gasteiger partial charge in [0.05, 0.1) is 26.0 Å². The second-order valence-electron chi connectivity index (χ2n) is 7.68. The van der Waals surface area contributed by atoms with Crippen LogP contribution in [-0.4, -0.2) is 25.0 Å². The molecule has 3 rings (SSSR count). The van der Waals surface area contributed by atoms with Gasteiger partial charge in [0.2, 0.25) is 5.91 Å². The van der Waals surface area contributed by atoms with E-state index in [0.717, 1.165) is 18.6 Å². The fraction of sp³-hybridized carbons (Fsp3) is 0.308. The summed E-state index contributed by atoms with van der Waals surface area (Å²) in [6.07, 6.45) is 6.15. The van der Waals surface area contributed by atoms with Crippen LogP contribution in [0.15, 0.2) is 71.3 Å². The molecule has 0 aliphatic carbocycles. The minimum Gasteiger partial charge on any atom is -0.494 e. The summed E-state index contributed by atoms with van der Waals surface area (Å²) < 4.78 is 11.0. The van der Waals surface area contributed by atoms with Crippen molar-refractivity contribution in [1.82, 2.24) is 5.32 Å². The molecule has 0 aliphatic rings. The largest absolute Gasteiger partial charge is 0.494 e. The van der Waals surface area contributed by atoms with E-state index in [1.807, 2.05) is 30.3 Å². The first-order valence-electron chi connectivity index (χ1n) is 11.3. The summed E-state index contributed by atoms with van der Waals surface area (Å²) in [7, 11) is 0. The SMILES string of the molecule is CCCCCCOc1cccc(NC(=O)CNc2cccc(C(=O)NCc3ccco3)c2)c1. The van der Waals surface area contributed by atoms with E-state index in [2.05, 4.69) is 22.9 Å². The second kappa shape index (κ2) is 13.0. The minimum atomic E-state index is -0.217. The van der Waals surface area contributed by atoms with Crippen molar-refractivity contribution < 1.29 is 18.7 Å². The molecule has 0 bridgehead atoms. The first-order valence-corrected chi connectivity index (χ1v) is 11.3. The Hall–Kier alpha value is -3.74. The summed E-state index contributed by atoms with van der Waals surface area (Å²) in [5.74, 6) is 1.01. The fourth-order valence-corrected chi connectivity index (χ4v) is 3.22. The summed E-state index contributed by atoms with van der Waals surface area (Å²) in [6.45, 7) is 3.23. The molecular formula is C26H31N3O4. The van der Waals surface area contributed by atoms with Crippen molar-refractivity contribution in [2.45, 2.75) is 39.2 Å². The molecule has 33 heavy (non-hydrogen) atoms. The predicted octanol–water partition coefficient (Wildman–Crippen LogP) is 5.22. The highest BCUT2D eigenvalue weighted by Crippen LogP contribution is 2.18. The number of carbonyl (C=O) groups is 2. The van der Waals surface area contributed by atoms with Gasteiger partial charge in [-0.15, -0.1) is 0 Å². The lowest BCUT2D eigenvalue weighted by atomic mass is 10.2. The number of rotatable bonds is 13. The summed E-state index contributed by atoms with van der Waals surface area (Å²) in [6, 6.07) is 18.0. The lowest BCUT2D eigenvalue weighted by molar-refractivity contribution is -0.114. The molecule has 7 heteroatoms. The summed E-state index contributed by atoms with van der Waals surface area (Å²) in [5.41, 5.74) is 1.86. The minimum absolute atomic E-state index is 0.0690. The Morgan fingerprint density at radius 1 is 0.939 bits per heavy atom. The van der Waals surface area contributed by atoms with Crippen molar-refractivity contribution in [2.75, 3.05) is 23.8 Å². The highest BCUT2D eigenvalue weighted by molar-refractivity contribution is 5.96. The maximum atomic E-state index is 12.4. The van der Waals surface area contributed by atoms with Crippen LogP contribution >= 0.6 is 0 Å². The van der Waals surface area contributed by atoms with Gasteiger partial charge in [0.1, 0.15) is 11.5 Å². The molecule has 0 unspecified atom stereocenters. The number of hydrogen-bond acceptors (Lipinski definition) is 5. The fourth-order valence-electron chi connectivity index (χ4n) is 3.22. The smallest absolute Gasteiger partial charge is 0.251 e. The average molecular weight is 450 g/mol. The first kappa shape index (κ1) is 23.9. The molecule has 0 atom stereocenters. The van der Waals surface area contributed by atoms with E-state index in [9.17, 15) is 9.59 Å². The maximum absolute atomic E-state index is 12.4. The molecule has 0 radical (unpaired) electrons. The number of carbonyl (C=O) groups excluding carboxylic acids is 2. The van der Waals surface area contributed by atoms with Crippen LogP contribution in [0.3, 0.4) is 0 Å². The van der Waals surface area contributed by atoms with Gasteiger partial charge < -0.3 is 25.1 Å². The molecule has 1 aromatic heterocycles. The zero-order valence-electron chi connectivity index (χ0n) is 18.9. The van der Waals surface area contributed by atoms with E-state index < -0.39 is 0 Å². The summed E-state index contributed by atoms with van der Waals surface area (Å²) in [5, 5.41) is 8.73. The lowest BCUT2D eigenvalue weighted by Gasteiger charge is -2.11. The molecule has 0 saturated heterocycles. The number of furan rings is 1. The van der Waals surface area contributed by atoms with Gasteiger partial charge in [-0.25, -0.2) is 0 Å². The lowest BCUT2D eigenvalue weighted by Crippen LogP contribution is -2.23. The van der Waals surface area contributed by atoms with Crippen LogP contribution in [0.2, 0.25) is 0 Å². The third kappa shape index (κ3) is 8.37. The molecule has 2 amide bonds. The van der Waals surface area contributed by atoms with Gasteiger partial charge in [-0.2, -0.15) is 0 Å². The maximum Gasteiger partial charge on any atom is 0.251 e. The Labute approximate surface area is 194 Å². The molecule has 0 spiro atoms. The van der Waals surface area contributed by atoms with E-state index in [1.165, 1.54) is 12.8 Å². The molecule has 7 nitrogen and oxygen atoms in total. The Balaban J connectivity index is 1.44. The van der Waals surface area contributed by atoms with Crippen LogP contribution in [0.5, 0.6) is 5.75 Å². The number of unbranched alkanes of at least 4 members (excludes halogenated alkanes) is 3. The third-order valence-electron chi connectivity index (χ3n) is 4.97. The summed E-state index contributed by atoms with van der Waals surface area (Å²) in [4.78, 5) is 24.7. The van der Waals surface area contributed by atoms with Gasteiger partial charge >= 0.3 is 0 Å². The van der Waals surface area contributed by atoms with Crippen molar-refractivity contribution in [3.63, 3.8) is 0 Å². The van der Waals surface area contributed by atoms with Crippen LogP contribution in [-0.2, 0) is 11.3 Å². The van der Waals surface area contributed by atoms with E-state index in [4.69, 9.17) is 9.15 Å². The van der Waals surface area contributed by atoms with E-state index in [-0.39, 0.29) is 18.4 Å². The van der Waals surface area contributed by atoms with E-state index >= 15 is 0 Å². The molecule has 2 aromatic carbocycles. The Morgan fingerprint density at radius 2 is 1.79 bits per heavy atom. The molecule has 174 valence electrons. The second-order valence-corrected chi connectivity index (χ2v) is 7.68. The van der Waals surface area contributed by atoms with Gasteiger partial charge in [-0.05, 0) is 48.9 Å². The number of ether oxygens (including phenoxy) is 1. The van der Waals surface area contributed by atoms with Crippen LogP contribution in [0.25, 0.3) is 0 Å². The number of amides is 2. The molecule has 0 saturated carbocycles. The van der Waals surface area contributed by atoms with Crippen LogP contribution < -0.4 is 20.7 Å². The quantitative estimate of drug-likeness (QED) is 0.311. The zero-order valence-corrected chi connectivity index (χ0v) is 18.9. The highest BCUT2D eigenvalue weighted by Gasteiger charge is 2.08. The van der Waals surface area contributed by atoms with E-state index in [1.54, 1.807) is 36.6 Å². The molecule has 3 aromatic rings. The summed E-state index contributed by atoms with van der Waals surface area (Å²) >= 11 is 0. The van der Waals surface area contributed by atoms with Crippen molar-refractivity contribution in [3.8, 4) is 5.75 Å². The Morgan fingerprint density at radius 3 is 2.61 bits per heavy atom. The van der Waals surface area contributed by atoms with Crippen LogP contribution in [0.1, 0.15) is 48.7 Å². The molecule has 1 heterocycles. The Bertz CT molecular complexity index is 1020. The predicted molar refractivity (Wildman–Crippen MR) is 130 cm³/mol. The number of nitrogens with one attached hydrogen (secondary N) is 3. The van der Waals surface area contributed by atoms with Crippen molar-refractivity contribution in [1.29, 1.82) is 0 Å². The van der Waals surface area contributed by atoms with Gasteiger partial charge in [-0.3, -0.25) is 9.59 Å². The molecule has 0 fully saturated rings. The standard InChI is InChI=1S/C26H31N3O4/c1-2-3-4-5-14-32-23-12-7-11-22(17-23)29-25(30)19-27-21-10-6-9-20(16-21)26(31)28-18-24-13-8-15-33-24/h6-13,15-17,27H,2-5,14,18-19H2,1H3,(H,28,31)(H,29,30). The number of hydrogen-bond donors (Lipinski definition) is 3. The topological polar surface area (TPSA) is 92.6 Å². The zero-order chi connectivity index (χ0) is 23.3. The first-order chi connectivity index (χ1) is 16.1. The molecule has 0 aliphatic heterocycles. The number of anilines is 2. The molecular weight excluding hydrogens is 418 g/mol. The van der Waals surface area contributed by atoms with E-state index in [0.29, 0.717) is 35.9 Å². The van der Waals surface area contributed by atoms with Crippen LogP contribution in [0.4, 0.5) is 11.4 Å².